The van der Waals surface area contributed by atoms with Gasteiger partial charge in [-0.05, 0) is 49.4 Å². The number of amides is 2. The number of nitrogens with one attached hydrogen (secondary N) is 2. The highest BCUT2D eigenvalue weighted by Crippen LogP contribution is 2.27. The quantitative estimate of drug-likeness (QED) is 0.666. The zero-order valence-corrected chi connectivity index (χ0v) is 14.5. The van der Waals surface area contributed by atoms with E-state index in [4.69, 9.17) is 5.11 Å². The normalized spacial score (nSPS) is 15.9. The van der Waals surface area contributed by atoms with Crippen LogP contribution in [0.5, 0.6) is 0 Å². The third kappa shape index (κ3) is 2.93. The van der Waals surface area contributed by atoms with E-state index in [2.05, 4.69) is 10.6 Å². The average Bonchev–Trinajstić information content (AvgIpc) is 3.05. The van der Waals surface area contributed by atoms with E-state index in [1.54, 1.807) is 24.3 Å². The van der Waals surface area contributed by atoms with Crippen LogP contribution in [0.25, 0.3) is 10.9 Å². The minimum Gasteiger partial charge on any atom is -0.478 e. The molecule has 0 bridgehead atoms. The third-order valence-electron chi connectivity index (χ3n) is 4.73. The number of carboxylic acids is 1. The molecule has 27 heavy (non-hydrogen) atoms. The van der Waals surface area contributed by atoms with Crippen molar-refractivity contribution in [2.75, 3.05) is 11.9 Å². The molecule has 0 saturated carbocycles. The Morgan fingerprint density at radius 3 is 2.52 bits per heavy atom. The Hall–Kier alpha value is -3.61. The van der Waals surface area contributed by atoms with E-state index in [-0.39, 0.29) is 23.4 Å². The van der Waals surface area contributed by atoms with E-state index in [1.807, 2.05) is 23.6 Å². The molecule has 7 nitrogen and oxygen atoms in total. The fraction of sp³-hybridized carbons (Fsp3) is 0.150. The first-order chi connectivity index (χ1) is 12.9. The van der Waals surface area contributed by atoms with E-state index in [0.717, 1.165) is 10.9 Å². The summed E-state index contributed by atoms with van der Waals surface area (Å²) in [5.41, 5.74) is 2.55. The summed E-state index contributed by atoms with van der Waals surface area (Å²) in [4.78, 5) is 35.6. The molecule has 0 fully saturated rings. The van der Waals surface area contributed by atoms with Crippen molar-refractivity contribution < 1.29 is 19.5 Å². The van der Waals surface area contributed by atoms with E-state index >= 15 is 0 Å². The molecule has 7 heteroatoms. The molecule has 2 amide bonds. The van der Waals surface area contributed by atoms with Crippen LogP contribution in [0, 0.1) is 0 Å². The fourth-order valence-corrected chi connectivity index (χ4v) is 3.33. The molecule has 136 valence electrons. The van der Waals surface area contributed by atoms with E-state index in [9.17, 15) is 14.4 Å². The lowest BCUT2D eigenvalue weighted by Crippen LogP contribution is -2.37. The van der Waals surface area contributed by atoms with Crippen LogP contribution in [0.15, 0.2) is 48.5 Å². The molecule has 0 radical (unpaired) electrons. The molecule has 1 unspecified atom stereocenters. The van der Waals surface area contributed by atoms with E-state index in [0.29, 0.717) is 23.5 Å². The van der Waals surface area contributed by atoms with Gasteiger partial charge < -0.3 is 20.3 Å². The highest BCUT2D eigenvalue weighted by molar-refractivity contribution is 6.07. The minimum atomic E-state index is -1.02. The van der Waals surface area contributed by atoms with Gasteiger partial charge >= 0.3 is 5.97 Å². The number of aromatic carboxylic acids is 1. The minimum absolute atomic E-state index is 0.0945. The number of carboxylic acid groups (broad SMARTS) is 1. The number of aromatic nitrogens is 1. The second-order valence-corrected chi connectivity index (χ2v) is 6.57. The summed E-state index contributed by atoms with van der Waals surface area (Å²) in [6.45, 7) is 2.56. The molecular weight excluding hydrogens is 346 g/mol. The molecule has 2 aromatic carbocycles. The molecule has 0 spiro atoms. The summed E-state index contributed by atoms with van der Waals surface area (Å²) in [6, 6.07) is 13.2. The van der Waals surface area contributed by atoms with Crippen molar-refractivity contribution in [3.63, 3.8) is 0 Å². The number of rotatable bonds is 3. The van der Waals surface area contributed by atoms with Gasteiger partial charge in [0.05, 0.1) is 5.56 Å². The largest absolute Gasteiger partial charge is 0.478 e. The van der Waals surface area contributed by atoms with Crippen LogP contribution in [-0.4, -0.2) is 34.0 Å². The molecule has 0 aliphatic carbocycles. The van der Waals surface area contributed by atoms with Crippen LogP contribution in [0.3, 0.4) is 0 Å². The van der Waals surface area contributed by atoms with Crippen LogP contribution in [0.2, 0.25) is 0 Å². The second-order valence-electron chi connectivity index (χ2n) is 6.57. The zero-order chi connectivity index (χ0) is 19.1. The van der Waals surface area contributed by atoms with Crippen molar-refractivity contribution in [2.45, 2.75) is 13.0 Å². The van der Waals surface area contributed by atoms with Crippen LogP contribution >= 0.6 is 0 Å². The summed E-state index contributed by atoms with van der Waals surface area (Å²) >= 11 is 0. The Balaban J connectivity index is 1.65. The van der Waals surface area contributed by atoms with Gasteiger partial charge in [0.2, 0.25) is 0 Å². The summed E-state index contributed by atoms with van der Waals surface area (Å²) < 4.78 is 1.95. The van der Waals surface area contributed by atoms with Crippen LogP contribution < -0.4 is 10.6 Å². The van der Waals surface area contributed by atoms with Gasteiger partial charge in [-0.3, -0.25) is 9.59 Å². The Morgan fingerprint density at radius 2 is 1.81 bits per heavy atom. The van der Waals surface area contributed by atoms with Crippen LogP contribution in [0.1, 0.15) is 44.2 Å². The highest BCUT2D eigenvalue weighted by atomic mass is 16.4. The number of carbonyl (C=O) groups is 3. The lowest BCUT2D eigenvalue weighted by atomic mass is 10.1. The average molecular weight is 363 g/mol. The number of benzene rings is 2. The SMILES string of the molecule is CC1CNC(=O)c2cc3ccc(C(=O)Nc4ccc(C(=O)O)cc4)cc3n21. The lowest BCUT2D eigenvalue weighted by molar-refractivity contribution is 0.0696. The first-order valence-electron chi connectivity index (χ1n) is 8.52. The van der Waals surface area contributed by atoms with Crippen LogP contribution in [-0.2, 0) is 0 Å². The van der Waals surface area contributed by atoms with Gasteiger partial charge in [-0.2, -0.15) is 0 Å². The van der Waals surface area contributed by atoms with Crippen molar-refractivity contribution in [1.82, 2.24) is 9.88 Å². The van der Waals surface area contributed by atoms with Crippen molar-refractivity contribution in [3.05, 3.63) is 65.4 Å². The Kier molecular flexibility index (Phi) is 3.92. The molecule has 2 heterocycles. The molecule has 1 aliphatic rings. The first kappa shape index (κ1) is 16.8. The van der Waals surface area contributed by atoms with Gasteiger partial charge in [0.1, 0.15) is 5.69 Å². The van der Waals surface area contributed by atoms with Gasteiger partial charge in [-0.25, -0.2) is 4.79 Å². The van der Waals surface area contributed by atoms with Gasteiger partial charge in [-0.15, -0.1) is 0 Å². The third-order valence-corrected chi connectivity index (χ3v) is 4.73. The van der Waals surface area contributed by atoms with Crippen LogP contribution in [0.4, 0.5) is 5.69 Å². The molecule has 4 rings (SSSR count). The molecular formula is C20H17N3O4. The standard InChI is InChI=1S/C20H17N3O4/c1-11-10-21-19(25)17-8-13-2-3-14(9-16(13)23(11)17)18(24)22-15-6-4-12(5-7-15)20(26)27/h2-9,11H,10H2,1H3,(H,21,25)(H,22,24)(H,26,27). The highest BCUT2D eigenvalue weighted by Gasteiger charge is 2.24. The summed E-state index contributed by atoms with van der Waals surface area (Å²) in [5.74, 6) is -1.44. The topological polar surface area (TPSA) is 100 Å². The smallest absolute Gasteiger partial charge is 0.335 e. The first-order valence-corrected chi connectivity index (χ1v) is 8.52. The Labute approximate surface area is 154 Å². The van der Waals surface area contributed by atoms with Gasteiger partial charge in [-0.1, -0.05) is 6.07 Å². The number of carbonyl (C=O) groups excluding carboxylic acids is 2. The maximum atomic E-state index is 12.6. The molecule has 1 aromatic heterocycles. The van der Waals surface area contributed by atoms with Crippen molar-refractivity contribution in [2.24, 2.45) is 0 Å². The molecule has 3 aromatic rings. The van der Waals surface area contributed by atoms with Gasteiger partial charge in [0.15, 0.2) is 0 Å². The Morgan fingerprint density at radius 1 is 1.11 bits per heavy atom. The molecule has 1 atom stereocenters. The van der Waals surface area contributed by atoms with E-state index < -0.39 is 5.97 Å². The van der Waals surface area contributed by atoms with Crippen molar-refractivity contribution in [3.8, 4) is 0 Å². The van der Waals surface area contributed by atoms with Gasteiger partial charge in [0, 0.05) is 34.7 Å². The number of anilines is 1. The van der Waals surface area contributed by atoms with Crippen molar-refractivity contribution >= 4 is 34.4 Å². The predicted molar refractivity (Wildman–Crippen MR) is 100 cm³/mol. The predicted octanol–water partition coefficient (Wildman–Crippen LogP) is 2.90. The number of nitrogens with zero attached hydrogens (tertiary/aromatic N) is 1. The summed E-state index contributed by atoms with van der Waals surface area (Å²) in [6.07, 6.45) is 0. The maximum absolute atomic E-state index is 12.6. The number of fused-ring (bicyclic) bond motifs is 3. The lowest BCUT2D eigenvalue weighted by Gasteiger charge is -2.24. The molecule has 1 aliphatic heterocycles. The van der Waals surface area contributed by atoms with Gasteiger partial charge in [0.25, 0.3) is 11.8 Å². The Bertz CT molecular complexity index is 1080. The molecule has 0 saturated heterocycles. The summed E-state index contributed by atoms with van der Waals surface area (Å²) in [7, 11) is 0. The molecule has 3 N–H and O–H groups in total. The van der Waals surface area contributed by atoms with Crippen molar-refractivity contribution in [1.29, 1.82) is 0 Å². The number of hydrogen-bond acceptors (Lipinski definition) is 3. The number of hydrogen-bond donors (Lipinski definition) is 3. The zero-order valence-electron chi connectivity index (χ0n) is 14.5. The summed E-state index contributed by atoms with van der Waals surface area (Å²) in [5, 5.41) is 15.4. The van der Waals surface area contributed by atoms with E-state index in [1.165, 1.54) is 12.1 Å². The maximum Gasteiger partial charge on any atom is 0.335 e. The second kappa shape index (κ2) is 6.28. The monoisotopic (exact) mass is 363 g/mol. The fourth-order valence-electron chi connectivity index (χ4n) is 3.33.